The molecule has 24 heavy (non-hydrogen) atoms. The summed E-state index contributed by atoms with van der Waals surface area (Å²) in [6.07, 6.45) is 2.55. The summed E-state index contributed by atoms with van der Waals surface area (Å²) in [5.41, 5.74) is 0.896. The van der Waals surface area contributed by atoms with E-state index in [0.29, 0.717) is 18.7 Å². The van der Waals surface area contributed by atoms with Crippen molar-refractivity contribution in [3.63, 3.8) is 0 Å². The molecule has 1 unspecified atom stereocenters. The van der Waals surface area contributed by atoms with Gasteiger partial charge in [-0.2, -0.15) is 0 Å². The third-order valence-corrected chi connectivity index (χ3v) is 4.12. The van der Waals surface area contributed by atoms with Gasteiger partial charge in [0, 0.05) is 19.4 Å². The number of amides is 1. The van der Waals surface area contributed by atoms with Crippen LogP contribution >= 0.6 is 0 Å². The van der Waals surface area contributed by atoms with Crippen molar-refractivity contribution in [3.05, 3.63) is 54.1 Å². The lowest BCUT2D eigenvalue weighted by Crippen LogP contribution is -2.39. The Balaban J connectivity index is 1.79. The molecule has 0 bridgehead atoms. The van der Waals surface area contributed by atoms with Gasteiger partial charge in [0.15, 0.2) is 6.10 Å². The highest BCUT2D eigenvalue weighted by molar-refractivity contribution is 5.83. The van der Waals surface area contributed by atoms with E-state index in [0.717, 1.165) is 5.56 Å². The van der Waals surface area contributed by atoms with Crippen molar-refractivity contribution < 1.29 is 19.4 Å². The van der Waals surface area contributed by atoms with Crippen LogP contribution in [0, 0.1) is 0 Å². The van der Waals surface area contributed by atoms with Gasteiger partial charge in [-0.15, -0.1) is 0 Å². The summed E-state index contributed by atoms with van der Waals surface area (Å²) in [5, 5.41) is 11.9. The Kier molecular flexibility index (Phi) is 4.61. The molecule has 1 amide bonds. The minimum atomic E-state index is -1.03. The Morgan fingerprint density at radius 1 is 1.29 bits per heavy atom. The SMILES string of the molecule is Cn1ccnc1C(NC(=O)[C@@H]1CC[C@H](C(=O)O)O1)c1ccccc1. The molecular formula is C17H19N3O4. The zero-order chi connectivity index (χ0) is 17.1. The summed E-state index contributed by atoms with van der Waals surface area (Å²) >= 11 is 0. The van der Waals surface area contributed by atoms with E-state index in [4.69, 9.17) is 9.84 Å². The van der Waals surface area contributed by atoms with Crippen molar-refractivity contribution in [1.29, 1.82) is 0 Å². The van der Waals surface area contributed by atoms with Crippen LogP contribution in [0.25, 0.3) is 0 Å². The first-order valence-corrected chi connectivity index (χ1v) is 7.77. The molecule has 2 N–H and O–H groups in total. The van der Waals surface area contributed by atoms with Gasteiger partial charge in [0.1, 0.15) is 18.0 Å². The Morgan fingerprint density at radius 2 is 2.00 bits per heavy atom. The van der Waals surface area contributed by atoms with Crippen molar-refractivity contribution in [1.82, 2.24) is 14.9 Å². The number of carboxylic acids is 1. The minimum Gasteiger partial charge on any atom is -0.479 e. The van der Waals surface area contributed by atoms with Crippen LogP contribution in [0.2, 0.25) is 0 Å². The van der Waals surface area contributed by atoms with Crippen molar-refractivity contribution in [3.8, 4) is 0 Å². The van der Waals surface area contributed by atoms with Crippen LogP contribution in [0.4, 0.5) is 0 Å². The zero-order valence-corrected chi connectivity index (χ0v) is 13.3. The van der Waals surface area contributed by atoms with Gasteiger partial charge in [0.25, 0.3) is 0 Å². The number of hydrogen-bond donors (Lipinski definition) is 2. The predicted molar refractivity (Wildman–Crippen MR) is 85.2 cm³/mol. The van der Waals surface area contributed by atoms with E-state index in [1.54, 1.807) is 6.20 Å². The standard InChI is InChI=1S/C17H19N3O4/c1-20-10-9-18-15(20)14(11-5-3-2-4-6-11)19-16(21)12-7-8-13(24-12)17(22)23/h2-6,9-10,12-14H,7-8H2,1H3,(H,19,21)(H,22,23)/t12-,13+,14?/m0/s1. The van der Waals surface area contributed by atoms with Crippen molar-refractivity contribution in [2.45, 2.75) is 31.1 Å². The average molecular weight is 329 g/mol. The van der Waals surface area contributed by atoms with Crippen LogP contribution in [0.3, 0.4) is 0 Å². The van der Waals surface area contributed by atoms with Gasteiger partial charge in [0.2, 0.25) is 5.91 Å². The van der Waals surface area contributed by atoms with Gasteiger partial charge in [0.05, 0.1) is 0 Å². The maximum absolute atomic E-state index is 12.5. The molecule has 126 valence electrons. The van der Waals surface area contributed by atoms with Crippen LogP contribution in [0.15, 0.2) is 42.7 Å². The first-order valence-electron chi connectivity index (χ1n) is 7.77. The van der Waals surface area contributed by atoms with Gasteiger partial charge in [-0.1, -0.05) is 30.3 Å². The number of imidazole rings is 1. The molecule has 3 rings (SSSR count). The fourth-order valence-electron chi connectivity index (χ4n) is 2.84. The molecule has 1 aromatic carbocycles. The van der Waals surface area contributed by atoms with E-state index in [2.05, 4.69) is 10.3 Å². The van der Waals surface area contributed by atoms with Crippen LogP contribution in [-0.2, 0) is 21.4 Å². The maximum atomic E-state index is 12.5. The Morgan fingerprint density at radius 3 is 2.58 bits per heavy atom. The number of aliphatic carboxylic acids is 1. The summed E-state index contributed by atoms with van der Waals surface area (Å²) in [7, 11) is 1.86. The zero-order valence-electron chi connectivity index (χ0n) is 13.3. The van der Waals surface area contributed by atoms with Gasteiger partial charge >= 0.3 is 5.97 Å². The van der Waals surface area contributed by atoms with Gasteiger partial charge in [-0.25, -0.2) is 9.78 Å². The fourth-order valence-corrected chi connectivity index (χ4v) is 2.84. The van der Waals surface area contributed by atoms with Crippen molar-refractivity contribution in [2.24, 2.45) is 7.05 Å². The molecule has 2 heterocycles. The first kappa shape index (κ1) is 16.2. The number of carbonyl (C=O) groups is 2. The molecular weight excluding hydrogens is 310 g/mol. The van der Waals surface area contributed by atoms with E-state index in [9.17, 15) is 9.59 Å². The highest BCUT2D eigenvalue weighted by Crippen LogP contribution is 2.24. The molecule has 7 heteroatoms. The van der Waals surface area contributed by atoms with E-state index in [1.807, 2.05) is 48.1 Å². The monoisotopic (exact) mass is 329 g/mol. The lowest BCUT2D eigenvalue weighted by Gasteiger charge is -2.21. The van der Waals surface area contributed by atoms with Crippen LogP contribution < -0.4 is 5.32 Å². The lowest BCUT2D eigenvalue weighted by molar-refractivity contribution is -0.151. The molecule has 1 aromatic heterocycles. The molecule has 3 atom stereocenters. The Labute approximate surface area is 139 Å². The first-order chi connectivity index (χ1) is 11.6. The quantitative estimate of drug-likeness (QED) is 0.861. The molecule has 2 aromatic rings. The molecule has 7 nitrogen and oxygen atoms in total. The van der Waals surface area contributed by atoms with E-state index in [-0.39, 0.29) is 5.91 Å². The number of ether oxygens (including phenoxy) is 1. The summed E-state index contributed by atoms with van der Waals surface area (Å²) in [4.78, 5) is 27.8. The fraction of sp³-hybridized carbons (Fsp3) is 0.353. The van der Waals surface area contributed by atoms with E-state index >= 15 is 0 Å². The lowest BCUT2D eigenvalue weighted by atomic mass is 10.1. The summed E-state index contributed by atoms with van der Waals surface area (Å²) < 4.78 is 7.17. The minimum absolute atomic E-state index is 0.324. The largest absolute Gasteiger partial charge is 0.479 e. The molecule has 0 aliphatic carbocycles. The van der Waals surface area contributed by atoms with Crippen LogP contribution in [0.1, 0.15) is 30.3 Å². The number of nitrogens with zero attached hydrogens (tertiary/aromatic N) is 2. The normalized spacial score (nSPS) is 21.4. The van der Waals surface area contributed by atoms with Crippen molar-refractivity contribution >= 4 is 11.9 Å². The smallest absolute Gasteiger partial charge is 0.332 e. The Bertz CT molecular complexity index is 728. The third kappa shape index (κ3) is 3.30. The topological polar surface area (TPSA) is 93.5 Å². The molecule has 1 fully saturated rings. The molecule has 0 saturated carbocycles. The second-order valence-electron chi connectivity index (χ2n) is 5.78. The van der Waals surface area contributed by atoms with Gasteiger partial charge in [-0.05, 0) is 18.4 Å². The molecule has 0 spiro atoms. The average Bonchev–Trinajstić information content (AvgIpc) is 3.22. The summed E-state index contributed by atoms with van der Waals surface area (Å²) in [6.45, 7) is 0. The highest BCUT2D eigenvalue weighted by atomic mass is 16.5. The van der Waals surface area contributed by atoms with Crippen LogP contribution in [0.5, 0.6) is 0 Å². The number of rotatable bonds is 5. The van der Waals surface area contributed by atoms with E-state index in [1.165, 1.54) is 0 Å². The highest BCUT2D eigenvalue weighted by Gasteiger charge is 2.36. The number of carboxylic acid groups (broad SMARTS) is 1. The van der Waals surface area contributed by atoms with Gasteiger partial charge in [-0.3, -0.25) is 4.79 Å². The number of benzene rings is 1. The molecule has 0 radical (unpaired) electrons. The van der Waals surface area contributed by atoms with E-state index < -0.39 is 24.2 Å². The maximum Gasteiger partial charge on any atom is 0.332 e. The molecule has 1 aliphatic heterocycles. The Hall–Kier alpha value is -2.67. The van der Waals surface area contributed by atoms with Crippen molar-refractivity contribution in [2.75, 3.05) is 0 Å². The van der Waals surface area contributed by atoms with Gasteiger partial charge < -0.3 is 19.7 Å². The molecule has 1 saturated heterocycles. The van der Waals surface area contributed by atoms with Crippen LogP contribution in [-0.4, -0.2) is 38.7 Å². The predicted octanol–water partition coefficient (Wildman–Crippen LogP) is 1.26. The number of aromatic nitrogens is 2. The third-order valence-electron chi connectivity index (χ3n) is 4.12. The second-order valence-corrected chi connectivity index (χ2v) is 5.78. The second kappa shape index (κ2) is 6.84. The molecule has 1 aliphatic rings. The summed E-state index contributed by atoms with van der Waals surface area (Å²) in [6, 6.07) is 9.09. The number of aryl methyl sites for hydroxylation is 1. The number of carbonyl (C=O) groups excluding carboxylic acids is 1. The number of nitrogens with one attached hydrogen (secondary N) is 1. The number of hydrogen-bond acceptors (Lipinski definition) is 4. The summed E-state index contributed by atoms with van der Waals surface area (Å²) in [5.74, 6) is -0.660.